The Kier molecular flexibility index (Phi) is 2.16. The van der Waals surface area contributed by atoms with Crippen molar-refractivity contribution >= 4 is 22.5 Å². The molecule has 1 atom stereocenters. The van der Waals surface area contributed by atoms with Gasteiger partial charge >= 0.3 is 0 Å². The fourth-order valence-electron chi connectivity index (χ4n) is 2.15. The fraction of sp³-hybridized carbons (Fsp3) is 0.231. The Bertz CT molecular complexity index is 718. The zero-order chi connectivity index (χ0) is 12.9. The molecule has 0 spiro atoms. The highest BCUT2D eigenvalue weighted by molar-refractivity contribution is 6.02. The topological polar surface area (TPSA) is 60.3 Å². The highest BCUT2D eigenvalue weighted by atomic mass is 16.5. The largest absolute Gasteiger partial charge is 0.478 e. The van der Waals surface area contributed by atoms with Crippen molar-refractivity contribution in [3.8, 4) is 5.75 Å². The molecule has 2 heterocycles. The van der Waals surface area contributed by atoms with Crippen molar-refractivity contribution in [2.45, 2.75) is 13.0 Å². The minimum absolute atomic E-state index is 0.222. The second-order valence-electron chi connectivity index (χ2n) is 4.33. The summed E-state index contributed by atoms with van der Waals surface area (Å²) in [7, 11) is 1.68. The zero-order valence-corrected chi connectivity index (χ0v) is 10.1. The first-order valence-electron chi connectivity index (χ1n) is 5.69. The third-order valence-electron chi connectivity index (χ3n) is 3.17. The summed E-state index contributed by atoms with van der Waals surface area (Å²) in [4.78, 5) is 23.7. The third kappa shape index (κ3) is 1.33. The smallest absolute Gasteiger partial charge is 0.278 e. The van der Waals surface area contributed by atoms with Crippen LogP contribution in [0.3, 0.4) is 0 Å². The van der Waals surface area contributed by atoms with E-state index in [1.807, 2.05) is 24.3 Å². The predicted molar refractivity (Wildman–Crippen MR) is 67.9 cm³/mol. The monoisotopic (exact) mass is 244 g/mol. The van der Waals surface area contributed by atoms with Gasteiger partial charge in [0, 0.05) is 12.4 Å². The molecule has 0 saturated heterocycles. The Labute approximate surface area is 103 Å². The quantitative estimate of drug-likeness (QED) is 0.759. The standard InChI is InChI=1S/C13H12N2O3/c1-7-12(16)14-10-11(18-7)8-5-3-4-6-9(8)15(2)13(10)17/h3-7H,1-2H3,(H,14,16). The van der Waals surface area contributed by atoms with Crippen LogP contribution in [0, 0.1) is 0 Å². The molecule has 1 unspecified atom stereocenters. The first-order chi connectivity index (χ1) is 8.59. The molecule has 0 saturated carbocycles. The van der Waals surface area contributed by atoms with Crippen molar-refractivity contribution in [2.75, 3.05) is 5.32 Å². The molecule has 0 radical (unpaired) electrons. The zero-order valence-electron chi connectivity index (χ0n) is 10.1. The number of hydrogen-bond acceptors (Lipinski definition) is 3. The van der Waals surface area contributed by atoms with Crippen molar-refractivity contribution < 1.29 is 9.53 Å². The van der Waals surface area contributed by atoms with Gasteiger partial charge in [-0.1, -0.05) is 12.1 Å². The van der Waals surface area contributed by atoms with Crippen LogP contribution in [0.2, 0.25) is 0 Å². The number of aryl methyl sites for hydroxylation is 1. The number of hydrogen-bond donors (Lipinski definition) is 1. The summed E-state index contributed by atoms with van der Waals surface area (Å²) in [5.41, 5.74) is 0.743. The number of ether oxygens (including phenoxy) is 1. The van der Waals surface area contributed by atoms with Crippen molar-refractivity contribution in [1.29, 1.82) is 0 Å². The summed E-state index contributed by atoms with van der Waals surface area (Å²) in [6.07, 6.45) is -0.590. The SMILES string of the molecule is CC1Oc2c(c(=O)n(C)c3ccccc23)NC1=O. The third-order valence-corrected chi connectivity index (χ3v) is 3.17. The molecular weight excluding hydrogens is 232 g/mol. The van der Waals surface area contributed by atoms with Gasteiger partial charge in [-0.2, -0.15) is 0 Å². The van der Waals surface area contributed by atoms with Crippen LogP contribution in [0.1, 0.15) is 6.92 Å². The molecule has 0 fully saturated rings. The summed E-state index contributed by atoms with van der Waals surface area (Å²) in [6.45, 7) is 1.66. The van der Waals surface area contributed by atoms with Crippen molar-refractivity contribution in [1.82, 2.24) is 4.57 Å². The second kappa shape index (κ2) is 3.60. The number of carbonyl (C=O) groups excluding carboxylic acids is 1. The lowest BCUT2D eigenvalue weighted by molar-refractivity contribution is -0.122. The van der Waals surface area contributed by atoms with E-state index >= 15 is 0 Å². The number of fused-ring (bicyclic) bond motifs is 3. The van der Waals surface area contributed by atoms with Crippen molar-refractivity contribution in [2.24, 2.45) is 7.05 Å². The molecule has 18 heavy (non-hydrogen) atoms. The highest BCUT2D eigenvalue weighted by Gasteiger charge is 2.28. The van der Waals surface area contributed by atoms with Gasteiger partial charge in [-0.15, -0.1) is 0 Å². The molecular formula is C13H12N2O3. The van der Waals surface area contributed by atoms with Crippen LogP contribution in [0.4, 0.5) is 5.69 Å². The molecule has 1 aliphatic heterocycles. The fourth-order valence-corrected chi connectivity index (χ4v) is 2.15. The van der Waals surface area contributed by atoms with E-state index in [1.165, 1.54) is 4.57 Å². The Balaban J connectivity index is 2.43. The van der Waals surface area contributed by atoms with Crippen LogP contribution < -0.4 is 15.6 Å². The highest BCUT2D eigenvalue weighted by Crippen LogP contribution is 2.33. The Morgan fingerprint density at radius 1 is 1.28 bits per heavy atom. The summed E-state index contributed by atoms with van der Waals surface area (Å²) >= 11 is 0. The molecule has 1 aromatic heterocycles. The maximum absolute atomic E-state index is 12.1. The summed E-state index contributed by atoms with van der Waals surface area (Å²) in [5, 5.41) is 3.43. The van der Waals surface area contributed by atoms with Crippen LogP contribution in [0.5, 0.6) is 5.75 Å². The van der Waals surface area contributed by atoms with Crippen LogP contribution in [0.25, 0.3) is 10.9 Å². The average molecular weight is 244 g/mol. The van der Waals surface area contributed by atoms with Gasteiger partial charge in [-0.05, 0) is 19.1 Å². The van der Waals surface area contributed by atoms with Crippen LogP contribution in [-0.4, -0.2) is 16.6 Å². The molecule has 2 aromatic rings. The van der Waals surface area contributed by atoms with Gasteiger partial charge in [0.15, 0.2) is 17.5 Å². The van der Waals surface area contributed by atoms with Gasteiger partial charge < -0.3 is 14.6 Å². The summed E-state index contributed by atoms with van der Waals surface area (Å²) in [5.74, 6) is 0.163. The first kappa shape index (κ1) is 10.8. The molecule has 5 heteroatoms. The number of anilines is 1. The Hall–Kier alpha value is -2.30. The van der Waals surface area contributed by atoms with E-state index in [0.717, 1.165) is 10.9 Å². The second-order valence-corrected chi connectivity index (χ2v) is 4.33. The molecule has 1 aliphatic rings. The van der Waals surface area contributed by atoms with E-state index in [2.05, 4.69) is 5.32 Å². The molecule has 0 bridgehead atoms. The van der Waals surface area contributed by atoms with Crippen molar-refractivity contribution in [3.05, 3.63) is 34.6 Å². The molecule has 1 amide bonds. The van der Waals surface area contributed by atoms with Crippen molar-refractivity contribution in [3.63, 3.8) is 0 Å². The number of rotatable bonds is 0. The molecule has 1 aromatic carbocycles. The molecule has 92 valence electrons. The number of nitrogens with zero attached hydrogens (tertiary/aromatic N) is 1. The number of nitrogens with one attached hydrogen (secondary N) is 1. The maximum Gasteiger partial charge on any atom is 0.278 e. The van der Waals surface area contributed by atoms with Gasteiger partial charge in [0.25, 0.3) is 11.5 Å². The normalized spacial score (nSPS) is 18.1. The van der Waals surface area contributed by atoms with Crippen LogP contribution >= 0.6 is 0 Å². The van der Waals surface area contributed by atoms with Gasteiger partial charge in [-0.25, -0.2) is 0 Å². The molecule has 3 rings (SSSR count). The van der Waals surface area contributed by atoms with Gasteiger partial charge in [0.1, 0.15) is 0 Å². The molecule has 0 aliphatic carbocycles. The summed E-state index contributed by atoms with van der Waals surface area (Å²) < 4.78 is 7.08. The van der Waals surface area contributed by atoms with E-state index in [4.69, 9.17) is 4.74 Å². The maximum atomic E-state index is 12.1. The number of pyridine rings is 1. The number of para-hydroxylation sites is 1. The van der Waals surface area contributed by atoms with E-state index in [1.54, 1.807) is 14.0 Å². The van der Waals surface area contributed by atoms with E-state index in [-0.39, 0.29) is 17.2 Å². The van der Waals surface area contributed by atoms with Gasteiger partial charge in [0.2, 0.25) is 0 Å². The minimum Gasteiger partial charge on any atom is -0.478 e. The Morgan fingerprint density at radius 2 is 2.00 bits per heavy atom. The number of aromatic nitrogens is 1. The van der Waals surface area contributed by atoms with E-state index in [0.29, 0.717) is 5.75 Å². The minimum atomic E-state index is -0.590. The number of amides is 1. The first-order valence-corrected chi connectivity index (χ1v) is 5.69. The summed E-state index contributed by atoms with van der Waals surface area (Å²) in [6, 6.07) is 7.45. The lowest BCUT2D eigenvalue weighted by atomic mass is 10.1. The van der Waals surface area contributed by atoms with Gasteiger partial charge in [-0.3, -0.25) is 9.59 Å². The number of carbonyl (C=O) groups is 1. The average Bonchev–Trinajstić information content (AvgIpc) is 2.38. The van der Waals surface area contributed by atoms with Gasteiger partial charge in [0.05, 0.1) is 5.52 Å². The van der Waals surface area contributed by atoms with Crippen LogP contribution in [-0.2, 0) is 11.8 Å². The lowest BCUT2D eigenvalue weighted by Gasteiger charge is -2.24. The number of benzene rings is 1. The van der Waals surface area contributed by atoms with E-state index in [9.17, 15) is 9.59 Å². The lowest BCUT2D eigenvalue weighted by Crippen LogP contribution is -2.38. The molecule has 5 nitrogen and oxygen atoms in total. The molecule has 1 N–H and O–H groups in total. The van der Waals surface area contributed by atoms with Crippen LogP contribution in [0.15, 0.2) is 29.1 Å². The van der Waals surface area contributed by atoms with E-state index < -0.39 is 6.10 Å². The predicted octanol–water partition coefficient (Wildman–Crippen LogP) is 1.26. The Morgan fingerprint density at radius 3 is 2.78 bits per heavy atom.